The van der Waals surface area contributed by atoms with E-state index in [-0.39, 0.29) is 0 Å². The fraction of sp³-hybridized carbons (Fsp3) is 0.400. The fourth-order valence-electron chi connectivity index (χ4n) is 1.50. The number of nitrogens with zero attached hydrogens (tertiary/aromatic N) is 3. The second-order valence-corrected chi connectivity index (χ2v) is 4.09. The van der Waals surface area contributed by atoms with E-state index in [0.717, 1.165) is 36.5 Å². The van der Waals surface area contributed by atoms with Gasteiger partial charge in [0.15, 0.2) is 5.69 Å². The van der Waals surface area contributed by atoms with Crippen molar-refractivity contribution in [3.63, 3.8) is 0 Å². The van der Waals surface area contributed by atoms with Crippen LogP contribution in [-0.4, -0.2) is 31.3 Å². The standard InChI is InChI=1S/C10H10BrN3O/c11-9-5-8(7-13-10(9)6-12)14-1-3-15-4-2-14/h5,7H,1-4H2. The first-order valence-electron chi connectivity index (χ1n) is 4.69. The number of anilines is 1. The van der Waals surface area contributed by atoms with E-state index in [1.807, 2.05) is 12.1 Å². The molecule has 0 radical (unpaired) electrons. The summed E-state index contributed by atoms with van der Waals surface area (Å²) in [5.74, 6) is 0. The predicted octanol–water partition coefficient (Wildman–Crippen LogP) is 1.55. The summed E-state index contributed by atoms with van der Waals surface area (Å²) in [6.45, 7) is 3.25. The molecule has 1 fully saturated rings. The van der Waals surface area contributed by atoms with Crippen LogP contribution in [0.5, 0.6) is 0 Å². The van der Waals surface area contributed by atoms with Gasteiger partial charge in [0.05, 0.1) is 29.6 Å². The molecule has 0 amide bonds. The molecule has 1 aliphatic rings. The van der Waals surface area contributed by atoms with Crippen LogP contribution in [0.3, 0.4) is 0 Å². The van der Waals surface area contributed by atoms with Crippen LogP contribution >= 0.6 is 15.9 Å². The maximum atomic E-state index is 8.74. The average Bonchev–Trinajstić information content (AvgIpc) is 2.30. The number of hydrogen-bond donors (Lipinski definition) is 0. The smallest absolute Gasteiger partial charge is 0.154 e. The van der Waals surface area contributed by atoms with Gasteiger partial charge in [0.1, 0.15) is 6.07 Å². The van der Waals surface area contributed by atoms with E-state index < -0.39 is 0 Å². The molecule has 15 heavy (non-hydrogen) atoms. The second kappa shape index (κ2) is 4.60. The van der Waals surface area contributed by atoms with Crippen LogP contribution in [0, 0.1) is 11.3 Å². The van der Waals surface area contributed by atoms with Crippen LogP contribution in [0.4, 0.5) is 5.69 Å². The molecule has 1 saturated heterocycles. The summed E-state index contributed by atoms with van der Waals surface area (Å²) in [6.07, 6.45) is 1.73. The van der Waals surface area contributed by atoms with E-state index >= 15 is 0 Å². The van der Waals surface area contributed by atoms with Gasteiger partial charge in [0.2, 0.25) is 0 Å². The molecule has 0 spiro atoms. The van der Waals surface area contributed by atoms with Crippen LogP contribution in [-0.2, 0) is 4.74 Å². The van der Waals surface area contributed by atoms with E-state index in [1.165, 1.54) is 0 Å². The molecule has 78 valence electrons. The SMILES string of the molecule is N#Cc1ncc(N2CCOCC2)cc1Br. The van der Waals surface area contributed by atoms with Crippen LogP contribution in [0.1, 0.15) is 5.69 Å². The zero-order valence-corrected chi connectivity index (χ0v) is 9.70. The molecule has 0 unspecified atom stereocenters. The molecule has 0 aliphatic carbocycles. The van der Waals surface area contributed by atoms with Gasteiger partial charge in [-0.1, -0.05) is 0 Å². The Kier molecular flexibility index (Phi) is 3.19. The van der Waals surface area contributed by atoms with E-state index in [1.54, 1.807) is 6.20 Å². The fourth-order valence-corrected chi connectivity index (χ4v) is 1.93. The van der Waals surface area contributed by atoms with Gasteiger partial charge in [0.25, 0.3) is 0 Å². The third kappa shape index (κ3) is 2.28. The molecule has 4 nitrogen and oxygen atoms in total. The third-order valence-electron chi connectivity index (χ3n) is 2.31. The highest BCUT2D eigenvalue weighted by molar-refractivity contribution is 9.10. The minimum atomic E-state index is 0.423. The van der Waals surface area contributed by atoms with Crippen molar-refractivity contribution in [2.75, 3.05) is 31.2 Å². The lowest BCUT2D eigenvalue weighted by molar-refractivity contribution is 0.122. The van der Waals surface area contributed by atoms with E-state index in [0.29, 0.717) is 5.69 Å². The number of ether oxygens (including phenoxy) is 1. The van der Waals surface area contributed by atoms with Gasteiger partial charge in [-0.2, -0.15) is 5.26 Å². The highest BCUT2D eigenvalue weighted by Gasteiger charge is 2.12. The number of pyridine rings is 1. The van der Waals surface area contributed by atoms with Gasteiger partial charge in [-0.15, -0.1) is 0 Å². The summed E-state index contributed by atoms with van der Waals surface area (Å²) in [5.41, 5.74) is 1.45. The predicted molar refractivity (Wildman–Crippen MR) is 59.7 cm³/mol. The number of halogens is 1. The molecular formula is C10H10BrN3O. The van der Waals surface area contributed by atoms with Gasteiger partial charge in [-0.25, -0.2) is 4.98 Å². The van der Waals surface area contributed by atoms with Crippen molar-refractivity contribution in [3.8, 4) is 6.07 Å². The Morgan fingerprint density at radius 3 is 2.80 bits per heavy atom. The molecule has 0 bridgehead atoms. The second-order valence-electron chi connectivity index (χ2n) is 3.24. The summed E-state index contributed by atoms with van der Waals surface area (Å²) in [4.78, 5) is 6.28. The highest BCUT2D eigenvalue weighted by Crippen LogP contribution is 2.22. The van der Waals surface area contributed by atoms with Crippen LogP contribution in [0.2, 0.25) is 0 Å². The molecule has 0 atom stereocenters. The number of nitriles is 1. The van der Waals surface area contributed by atoms with Crippen molar-refractivity contribution < 1.29 is 4.74 Å². The van der Waals surface area contributed by atoms with Crippen LogP contribution in [0.25, 0.3) is 0 Å². The van der Waals surface area contributed by atoms with Gasteiger partial charge < -0.3 is 9.64 Å². The number of hydrogen-bond acceptors (Lipinski definition) is 4. The summed E-state index contributed by atoms with van der Waals surface area (Å²) in [6, 6.07) is 3.95. The number of aromatic nitrogens is 1. The summed E-state index contributed by atoms with van der Waals surface area (Å²) < 4.78 is 6.01. The van der Waals surface area contributed by atoms with Crippen LogP contribution < -0.4 is 4.90 Å². The number of rotatable bonds is 1. The zero-order valence-electron chi connectivity index (χ0n) is 8.11. The maximum absolute atomic E-state index is 8.74. The Bertz CT molecular complexity index is 396. The first-order valence-corrected chi connectivity index (χ1v) is 5.49. The summed E-state index contributed by atoms with van der Waals surface area (Å²) >= 11 is 3.33. The van der Waals surface area contributed by atoms with Crippen molar-refractivity contribution in [2.24, 2.45) is 0 Å². The molecule has 0 saturated carbocycles. The molecule has 2 rings (SSSR count). The molecule has 5 heteroatoms. The Morgan fingerprint density at radius 1 is 1.47 bits per heavy atom. The third-order valence-corrected chi connectivity index (χ3v) is 2.91. The Labute approximate surface area is 96.6 Å². The quantitative estimate of drug-likeness (QED) is 0.775. The lowest BCUT2D eigenvalue weighted by Gasteiger charge is -2.28. The lowest BCUT2D eigenvalue weighted by Crippen LogP contribution is -2.36. The van der Waals surface area contributed by atoms with Crippen molar-refractivity contribution in [2.45, 2.75) is 0 Å². The highest BCUT2D eigenvalue weighted by atomic mass is 79.9. The molecule has 2 heterocycles. The molecule has 0 N–H and O–H groups in total. The van der Waals surface area contributed by atoms with E-state index in [2.05, 4.69) is 25.8 Å². The first kappa shape index (κ1) is 10.4. The van der Waals surface area contributed by atoms with Gasteiger partial charge in [-0.3, -0.25) is 0 Å². The minimum absolute atomic E-state index is 0.423. The van der Waals surface area contributed by atoms with E-state index in [9.17, 15) is 0 Å². The number of morpholine rings is 1. The van der Waals surface area contributed by atoms with Gasteiger partial charge >= 0.3 is 0 Å². The summed E-state index contributed by atoms with van der Waals surface area (Å²) in [7, 11) is 0. The van der Waals surface area contributed by atoms with Crippen molar-refractivity contribution in [1.82, 2.24) is 4.98 Å². The van der Waals surface area contributed by atoms with Crippen molar-refractivity contribution in [1.29, 1.82) is 5.26 Å². The van der Waals surface area contributed by atoms with Crippen LogP contribution in [0.15, 0.2) is 16.7 Å². The molecular weight excluding hydrogens is 258 g/mol. The van der Waals surface area contributed by atoms with Gasteiger partial charge in [-0.05, 0) is 22.0 Å². The zero-order chi connectivity index (χ0) is 10.7. The largest absolute Gasteiger partial charge is 0.378 e. The monoisotopic (exact) mass is 267 g/mol. The molecule has 1 aromatic heterocycles. The normalized spacial score (nSPS) is 16.1. The van der Waals surface area contributed by atoms with Crippen molar-refractivity contribution >= 4 is 21.6 Å². The first-order chi connectivity index (χ1) is 7.31. The minimum Gasteiger partial charge on any atom is -0.378 e. The molecule has 0 aromatic carbocycles. The Morgan fingerprint density at radius 2 is 2.20 bits per heavy atom. The Hall–Kier alpha value is -1.12. The molecule has 1 aromatic rings. The van der Waals surface area contributed by atoms with E-state index in [4.69, 9.17) is 10.00 Å². The maximum Gasteiger partial charge on any atom is 0.154 e. The lowest BCUT2D eigenvalue weighted by atomic mass is 10.3. The summed E-state index contributed by atoms with van der Waals surface area (Å²) in [5, 5.41) is 8.74. The topological polar surface area (TPSA) is 49.2 Å². The average molecular weight is 268 g/mol. The van der Waals surface area contributed by atoms with Gasteiger partial charge in [0, 0.05) is 13.1 Å². The van der Waals surface area contributed by atoms with Crippen molar-refractivity contribution in [3.05, 3.63) is 22.4 Å². The molecule has 1 aliphatic heterocycles. The Balaban J connectivity index is 2.22.